The standard InChI is InChI=1S/C42H46N6O8/c1-2-56-42(53)46(18-19-48-39(50)31-9-4-7-29-35(45-22-26-55-27-23-45)13-11-33(37(29)31)41(48)52)16-5-14-43-15-17-47-38(49)30-8-3-6-28-34(44-20-24-54-25-21-44)12-10-32(36(28)30)40(47)51/h3-4,6-13,43H,2,5,14-27H2,1H3. The van der Waals surface area contributed by atoms with Gasteiger partial charge in [0.15, 0.2) is 0 Å². The Morgan fingerprint density at radius 1 is 0.643 bits per heavy atom. The van der Waals surface area contributed by atoms with Gasteiger partial charge in [-0.3, -0.25) is 29.0 Å². The van der Waals surface area contributed by atoms with Gasteiger partial charge in [-0.05, 0) is 56.3 Å². The third-order valence-corrected chi connectivity index (χ3v) is 11.1. The van der Waals surface area contributed by atoms with E-state index >= 15 is 0 Å². The predicted octanol–water partition coefficient (Wildman–Crippen LogP) is 4.00. The number of amides is 5. The van der Waals surface area contributed by atoms with Crippen molar-refractivity contribution in [2.75, 3.05) is 108 Å². The maximum Gasteiger partial charge on any atom is 0.409 e. The highest BCUT2D eigenvalue weighted by Gasteiger charge is 2.36. The van der Waals surface area contributed by atoms with E-state index < -0.39 is 17.9 Å². The second-order valence-electron chi connectivity index (χ2n) is 14.2. The Morgan fingerprint density at radius 2 is 1.12 bits per heavy atom. The molecular weight excluding hydrogens is 716 g/mol. The Kier molecular flexibility index (Phi) is 10.9. The van der Waals surface area contributed by atoms with Crippen molar-refractivity contribution in [2.24, 2.45) is 0 Å². The molecule has 4 aliphatic heterocycles. The molecule has 0 unspecified atom stereocenters. The molecule has 0 aromatic heterocycles. The second-order valence-corrected chi connectivity index (χ2v) is 14.2. The van der Waals surface area contributed by atoms with Crippen molar-refractivity contribution >= 4 is 62.6 Å². The van der Waals surface area contributed by atoms with Gasteiger partial charge in [-0.15, -0.1) is 0 Å². The number of nitrogens with one attached hydrogen (secondary N) is 1. The van der Waals surface area contributed by atoms with E-state index in [4.69, 9.17) is 14.2 Å². The molecule has 2 saturated heterocycles. The SMILES string of the molecule is CCOC(=O)N(CCCNCCN1C(=O)c2cccc3c(N4CCOCC4)ccc(c23)C1=O)CCN1C(=O)c2cccc3c(N4CCOCC4)ccc(c23)C1=O. The van der Waals surface area contributed by atoms with Gasteiger partial charge < -0.3 is 34.2 Å². The van der Waals surface area contributed by atoms with Crippen molar-refractivity contribution < 1.29 is 38.2 Å². The molecule has 0 spiro atoms. The van der Waals surface area contributed by atoms with E-state index in [-0.39, 0.29) is 38.1 Å². The summed E-state index contributed by atoms with van der Waals surface area (Å²) in [6, 6.07) is 18.7. The van der Waals surface area contributed by atoms with E-state index in [1.165, 1.54) is 14.7 Å². The molecule has 14 heteroatoms. The van der Waals surface area contributed by atoms with Crippen LogP contribution in [0.3, 0.4) is 0 Å². The fourth-order valence-electron chi connectivity index (χ4n) is 8.27. The number of anilines is 2. The largest absolute Gasteiger partial charge is 0.450 e. The van der Waals surface area contributed by atoms with Gasteiger partial charge in [0.05, 0.1) is 33.0 Å². The minimum absolute atomic E-state index is 0.00625. The molecule has 56 heavy (non-hydrogen) atoms. The maximum absolute atomic E-state index is 13.8. The average molecular weight is 763 g/mol. The van der Waals surface area contributed by atoms with Gasteiger partial charge in [0.25, 0.3) is 23.6 Å². The van der Waals surface area contributed by atoms with E-state index in [2.05, 4.69) is 15.1 Å². The zero-order valence-electron chi connectivity index (χ0n) is 31.6. The van der Waals surface area contributed by atoms with Crippen LogP contribution < -0.4 is 15.1 Å². The zero-order chi connectivity index (χ0) is 38.8. The molecule has 0 radical (unpaired) electrons. The number of hydrogen-bond donors (Lipinski definition) is 1. The number of benzene rings is 4. The molecule has 5 amide bonds. The number of morpholine rings is 2. The van der Waals surface area contributed by atoms with Crippen LogP contribution in [-0.2, 0) is 14.2 Å². The van der Waals surface area contributed by atoms with Crippen LogP contribution in [0.5, 0.6) is 0 Å². The average Bonchev–Trinajstić information content (AvgIpc) is 3.23. The van der Waals surface area contributed by atoms with Crippen molar-refractivity contribution in [3.63, 3.8) is 0 Å². The number of ether oxygens (including phenoxy) is 3. The highest BCUT2D eigenvalue weighted by atomic mass is 16.6. The summed E-state index contributed by atoms with van der Waals surface area (Å²) in [5.74, 6) is -1.42. The number of imide groups is 2. The fourth-order valence-corrected chi connectivity index (χ4v) is 8.27. The van der Waals surface area contributed by atoms with Crippen molar-refractivity contribution in [3.05, 3.63) is 82.9 Å². The molecule has 14 nitrogen and oxygen atoms in total. The molecule has 4 aromatic carbocycles. The number of rotatable bonds is 13. The lowest BCUT2D eigenvalue weighted by Gasteiger charge is -2.33. The van der Waals surface area contributed by atoms with Crippen LogP contribution in [0, 0.1) is 0 Å². The molecule has 4 aromatic rings. The highest BCUT2D eigenvalue weighted by molar-refractivity contribution is 6.28. The van der Waals surface area contributed by atoms with Crippen molar-refractivity contribution in [3.8, 4) is 0 Å². The van der Waals surface area contributed by atoms with Crippen molar-refractivity contribution in [2.45, 2.75) is 13.3 Å². The Labute approximate surface area is 324 Å². The Morgan fingerprint density at radius 3 is 1.62 bits per heavy atom. The molecule has 4 aliphatic rings. The van der Waals surface area contributed by atoms with Crippen molar-refractivity contribution in [1.82, 2.24) is 20.0 Å². The third-order valence-electron chi connectivity index (χ3n) is 11.1. The maximum atomic E-state index is 13.8. The molecule has 1 N–H and O–H groups in total. The van der Waals surface area contributed by atoms with E-state index in [0.29, 0.717) is 85.5 Å². The summed E-state index contributed by atoms with van der Waals surface area (Å²) in [5, 5.41) is 6.40. The number of carbonyl (C=O) groups is 5. The van der Waals surface area contributed by atoms with Crippen LogP contribution in [0.15, 0.2) is 60.7 Å². The monoisotopic (exact) mass is 762 g/mol. The molecule has 0 aliphatic carbocycles. The Bertz CT molecular complexity index is 2150. The van der Waals surface area contributed by atoms with E-state index in [9.17, 15) is 24.0 Å². The lowest BCUT2D eigenvalue weighted by atomic mass is 9.92. The van der Waals surface area contributed by atoms with E-state index in [1.807, 2.05) is 42.5 Å². The summed E-state index contributed by atoms with van der Waals surface area (Å²) in [5.41, 5.74) is 3.92. The lowest BCUT2D eigenvalue weighted by Crippen LogP contribution is -2.46. The second kappa shape index (κ2) is 16.3. The molecule has 0 atom stereocenters. The summed E-state index contributed by atoms with van der Waals surface area (Å²) >= 11 is 0. The number of carbonyl (C=O) groups excluding carboxylic acids is 5. The summed E-state index contributed by atoms with van der Waals surface area (Å²) in [6.07, 6.45) is -0.00202. The summed E-state index contributed by atoms with van der Waals surface area (Å²) in [7, 11) is 0. The highest BCUT2D eigenvalue weighted by Crippen LogP contribution is 2.38. The van der Waals surface area contributed by atoms with E-state index in [0.717, 1.165) is 48.3 Å². The fraction of sp³-hybridized carbons (Fsp3) is 0.405. The molecule has 292 valence electrons. The van der Waals surface area contributed by atoms with Gasteiger partial charge in [0.1, 0.15) is 0 Å². The van der Waals surface area contributed by atoms with E-state index in [1.54, 1.807) is 25.1 Å². The van der Waals surface area contributed by atoms with Gasteiger partial charge in [-0.1, -0.05) is 24.3 Å². The normalized spacial score (nSPS) is 17.0. The molecule has 2 fully saturated rings. The smallest absolute Gasteiger partial charge is 0.409 e. The molecule has 0 bridgehead atoms. The Hall–Kier alpha value is -5.57. The minimum Gasteiger partial charge on any atom is -0.450 e. The lowest BCUT2D eigenvalue weighted by molar-refractivity contribution is 0.0573. The summed E-state index contributed by atoms with van der Waals surface area (Å²) in [6.45, 7) is 8.80. The van der Waals surface area contributed by atoms with Crippen LogP contribution >= 0.6 is 0 Å². The van der Waals surface area contributed by atoms with Crippen LogP contribution in [-0.4, -0.2) is 143 Å². The number of nitrogens with zero attached hydrogens (tertiary/aromatic N) is 5. The Balaban J connectivity index is 0.869. The molecule has 0 saturated carbocycles. The quantitative estimate of drug-likeness (QED) is 0.156. The third kappa shape index (κ3) is 6.92. The first-order chi connectivity index (χ1) is 27.4. The van der Waals surface area contributed by atoms with Gasteiger partial charge >= 0.3 is 6.09 Å². The first-order valence-corrected chi connectivity index (χ1v) is 19.5. The van der Waals surface area contributed by atoms with Crippen LogP contribution in [0.2, 0.25) is 0 Å². The molecule has 8 rings (SSSR count). The van der Waals surface area contributed by atoms with Gasteiger partial charge in [-0.25, -0.2) is 4.79 Å². The molecule has 4 heterocycles. The van der Waals surface area contributed by atoms with Crippen molar-refractivity contribution in [1.29, 1.82) is 0 Å². The van der Waals surface area contributed by atoms with Gasteiger partial charge in [0.2, 0.25) is 0 Å². The van der Waals surface area contributed by atoms with Crippen LogP contribution in [0.4, 0.5) is 16.2 Å². The van der Waals surface area contributed by atoms with Gasteiger partial charge in [-0.2, -0.15) is 0 Å². The van der Waals surface area contributed by atoms with Crippen LogP contribution in [0.25, 0.3) is 21.5 Å². The van der Waals surface area contributed by atoms with Crippen LogP contribution in [0.1, 0.15) is 54.8 Å². The first kappa shape index (κ1) is 37.4. The predicted molar refractivity (Wildman–Crippen MR) is 211 cm³/mol. The molecular formula is C42H46N6O8. The first-order valence-electron chi connectivity index (χ1n) is 19.5. The topological polar surface area (TPSA) is 141 Å². The number of hydrogen-bond acceptors (Lipinski definition) is 11. The zero-order valence-corrected chi connectivity index (χ0v) is 31.6. The summed E-state index contributed by atoms with van der Waals surface area (Å²) in [4.78, 5) is 76.3. The van der Waals surface area contributed by atoms with Gasteiger partial charge in [0, 0.05) is 114 Å². The minimum atomic E-state index is -0.531. The summed E-state index contributed by atoms with van der Waals surface area (Å²) < 4.78 is 16.4.